The van der Waals surface area contributed by atoms with E-state index in [2.05, 4.69) is 10.3 Å². The molecule has 1 amide bonds. The van der Waals surface area contributed by atoms with Gasteiger partial charge in [0, 0.05) is 23.7 Å². The first-order chi connectivity index (χ1) is 12.7. The van der Waals surface area contributed by atoms with Crippen LogP contribution >= 0.6 is 0 Å². The van der Waals surface area contributed by atoms with Gasteiger partial charge in [0.25, 0.3) is 5.91 Å². The van der Waals surface area contributed by atoms with Crippen LogP contribution in [0, 0.1) is 13.8 Å². The van der Waals surface area contributed by atoms with Gasteiger partial charge in [-0.25, -0.2) is 13.2 Å². The summed E-state index contributed by atoms with van der Waals surface area (Å²) in [5.41, 5.74) is 2.24. The largest absolute Gasteiger partial charge is 0.330 e. The Morgan fingerprint density at radius 1 is 1.11 bits per heavy atom. The monoisotopic (exact) mass is 385 g/mol. The minimum atomic E-state index is -3.43. The molecule has 0 spiro atoms. The van der Waals surface area contributed by atoms with Gasteiger partial charge in [0.1, 0.15) is 0 Å². The Morgan fingerprint density at radius 2 is 1.81 bits per heavy atom. The molecule has 8 heteroatoms. The third-order valence-corrected chi connectivity index (χ3v) is 5.35. The molecule has 1 aromatic heterocycles. The number of aryl methyl sites for hydroxylation is 2. The maximum atomic E-state index is 12.8. The Kier molecular flexibility index (Phi) is 4.75. The van der Waals surface area contributed by atoms with Crippen molar-refractivity contribution in [1.82, 2.24) is 9.55 Å². The van der Waals surface area contributed by atoms with Gasteiger partial charge in [0.2, 0.25) is 0 Å². The summed E-state index contributed by atoms with van der Waals surface area (Å²) < 4.78 is 25.0. The highest BCUT2D eigenvalue weighted by molar-refractivity contribution is 7.90. The summed E-state index contributed by atoms with van der Waals surface area (Å²) in [5, 5.41) is 2.78. The van der Waals surface area contributed by atoms with Crippen molar-refractivity contribution in [1.29, 1.82) is 0 Å². The summed E-state index contributed by atoms with van der Waals surface area (Å²) in [5.74, 6) is -0.452. The van der Waals surface area contributed by atoms with Gasteiger partial charge in [0.05, 0.1) is 16.3 Å². The lowest BCUT2D eigenvalue weighted by atomic mass is 10.1. The molecule has 3 aromatic rings. The van der Waals surface area contributed by atoms with Crippen LogP contribution in [0.2, 0.25) is 0 Å². The van der Waals surface area contributed by atoms with Crippen molar-refractivity contribution in [2.24, 2.45) is 0 Å². The number of imidazole rings is 1. The minimum Gasteiger partial charge on any atom is -0.320 e. The maximum absolute atomic E-state index is 12.8. The van der Waals surface area contributed by atoms with E-state index in [1.165, 1.54) is 16.7 Å². The quantitative estimate of drug-likeness (QED) is 0.720. The molecule has 2 N–H and O–H groups in total. The molecule has 27 heavy (non-hydrogen) atoms. The van der Waals surface area contributed by atoms with E-state index in [1.54, 1.807) is 50.4 Å². The lowest BCUT2D eigenvalue weighted by molar-refractivity contribution is 0.102. The summed E-state index contributed by atoms with van der Waals surface area (Å²) in [4.78, 5) is 27.6. The molecule has 0 aliphatic carbocycles. The van der Waals surface area contributed by atoms with E-state index in [-0.39, 0.29) is 16.1 Å². The Morgan fingerprint density at radius 3 is 2.44 bits per heavy atom. The van der Waals surface area contributed by atoms with Crippen LogP contribution in [-0.2, 0) is 9.84 Å². The van der Waals surface area contributed by atoms with E-state index >= 15 is 0 Å². The van der Waals surface area contributed by atoms with E-state index in [9.17, 15) is 18.0 Å². The second-order valence-electron chi connectivity index (χ2n) is 6.29. The van der Waals surface area contributed by atoms with Gasteiger partial charge >= 0.3 is 5.69 Å². The van der Waals surface area contributed by atoms with Crippen LogP contribution < -0.4 is 11.0 Å². The Bertz CT molecular complexity index is 1190. The number of anilines is 1. The van der Waals surface area contributed by atoms with Gasteiger partial charge in [-0.3, -0.25) is 9.36 Å². The first kappa shape index (κ1) is 18.7. The van der Waals surface area contributed by atoms with Crippen LogP contribution in [0.3, 0.4) is 0 Å². The summed E-state index contributed by atoms with van der Waals surface area (Å²) in [6, 6.07) is 11.3. The Labute approximate surface area is 156 Å². The lowest BCUT2D eigenvalue weighted by Crippen LogP contribution is -2.20. The number of H-pyrrole nitrogens is 1. The highest BCUT2D eigenvalue weighted by Gasteiger charge is 2.17. The van der Waals surface area contributed by atoms with E-state index < -0.39 is 15.7 Å². The maximum Gasteiger partial charge on any atom is 0.330 e. The number of hydrogen-bond acceptors (Lipinski definition) is 4. The lowest BCUT2D eigenvalue weighted by Gasteiger charge is -2.14. The molecule has 0 unspecified atom stereocenters. The van der Waals surface area contributed by atoms with Gasteiger partial charge in [-0.2, -0.15) is 0 Å². The van der Waals surface area contributed by atoms with Crippen molar-refractivity contribution in [2.45, 2.75) is 18.7 Å². The number of rotatable bonds is 4. The zero-order valence-electron chi connectivity index (χ0n) is 15.1. The zero-order valence-corrected chi connectivity index (χ0v) is 15.9. The number of carbonyl (C=O) groups is 1. The van der Waals surface area contributed by atoms with Crippen LogP contribution in [0.25, 0.3) is 5.69 Å². The molecule has 3 rings (SSSR count). The molecule has 0 bridgehead atoms. The molecule has 2 aromatic carbocycles. The van der Waals surface area contributed by atoms with Crippen molar-refractivity contribution >= 4 is 21.4 Å². The molecular weight excluding hydrogens is 366 g/mol. The number of aromatic amines is 1. The molecule has 0 fully saturated rings. The molecule has 7 nitrogen and oxygen atoms in total. The number of benzene rings is 2. The predicted molar refractivity (Wildman–Crippen MR) is 103 cm³/mol. The van der Waals surface area contributed by atoms with Crippen LogP contribution in [0.15, 0.2) is 58.4 Å². The Hall–Kier alpha value is -3.13. The van der Waals surface area contributed by atoms with Crippen molar-refractivity contribution in [3.63, 3.8) is 0 Å². The molecule has 0 atom stereocenters. The molecule has 1 heterocycles. The van der Waals surface area contributed by atoms with E-state index in [4.69, 9.17) is 0 Å². The fourth-order valence-corrected chi connectivity index (χ4v) is 3.44. The summed E-state index contributed by atoms with van der Waals surface area (Å²) in [6.45, 7) is 3.50. The zero-order chi connectivity index (χ0) is 19.8. The fourth-order valence-electron chi connectivity index (χ4n) is 2.80. The second kappa shape index (κ2) is 6.88. The average Bonchev–Trinajstić information content (AvgIpc) is 2.93. The number of amides is 1. The smallest absolute Gasteiger partial charge is 0.320 e. The first-order valence-electron chi connectivity index (χ1n) is 8.17. The van der Waals surface area contributed by atoms with Crippen LogP contribution in [0.4, 0.5) is 5.69 Å². The third kappa shape index (κ3) is 3.70. The average molecular weight is 385 g/mol. The molecule has 0 saturated carbocycles. The molecule has 140 valence electrons. The number of aromatic nitrogens is 2. The van der Waals surface area contributed by atoms with Gasteiger partial charge in [-0.15, -0.1) is 0 Å². The summed E-state index contributed by atoms with van der Waals surface area (Å²) >= 11 is 0. The van der Waals surface area contributed by atoms with Crippen LogP contribution in [0.5, 0.6) is 0 Å². The third-order valence-electron chi connectivity index (χ3n) is 4.24. The standard InChI is InChI=1S/C19H19N3O4S/c1-12-8-9-14(27(3,25)26)10-15(12)18(23)21-16-6-4-5-7-17(16)22-13(2)11-20-19(22)24/h4-11H,1-3H3,(H,20,24)(H,21,23). The molecule has 0 radical (unpaired) electrons. The Balaban J connectivity index is 2.03. The van der Waals surface area contributed by atoms with Crippen molar-refractivity contribution in [2.75, 3.05) is 11.6 Å². The second-order valence-corrected chi connectivity index (χ2v) is 8.31. The van der Waals surface area contributed by atoms with Gasteiger partial charge in [0.15, 0.2) is 9.84 Å². The van der Waals surface area contributed by atoms with Gasteiger partial charge in [-0.1, -0.05) is 18.2 Å². The summed E-state index contributed by atoms with van der Waals surface area (Å²) in [6.07, 6.45) is 2.68. The number of hydrogen-bond donors (Lipinski definition) is 2. The normalized spacial score (nSPS) is 11.4. The molecule has 0 saturated heterocycles. The first-order valence-corrected chi connectivity index (χ1v) is 10.1. The SMILES string of the molecule is Cc1ccc(S(C)(=O)=O)cc1C(=O)Nc1ccccc1-n1c(C)c[nH]c1=O. The number of nitrogens with zero attached hydrogens (tertiary/aromatic N) is 1. The molecular formula is C19H19N3O4S. The molecule has 0 aliphatic heterocycles. The number of carbonyl (C=O) groups excluding carboxylic acids is 1. The van der Waals surface area contributed by atoms with Crippen LogP contribution in [0.1, 0.15) is 21.6 Å². The number of nitrogens with one attached hydrogen (secondary N) is 2. The highest BCUT2D eigenvalue weighted by Crippen LogP contribution is 2.22. The minimum absolute atomic E-state index is 0.0734. The van der Waals surface area contributed by atoms with Crippen molar-refractivity contribution in [3.8, 4) is 5.69 Å². The topological polar surface area (TPSA) is 101 Å². The number of para-hydroxylation sites is 2. The highest BCUT2D eigenvalue weighted by atomic mass is 32.2. The van der Waals surface area contributed by atoms with Crippen LogP contribution in [-0.4, -0.2) is 30.1 Å². The molecule has 0 aliphatic rings. The fraction of sp³-hybridized carbons (Fsp3) is 0.158. The van der Waals surface area contributed by atoms with Crippen molar-refractivity contribution in [3.05, 3.63) is 76.0 Å². The van der Waals surface area contributed by atoms with E-state index in [0.29, 0.717) is 22.6 Å². The van der Waals surface area contributed by atoms with E-state index in [1.807, 2.05) is 0 Å². The van der Waals surface area contributed by atoms with E-state index in [0.717, 1.165) is 6.26 Å². The number of sulfone groups is 1. The van der Waals surface area contributed by atoms with Gasteiger partial charge in [-0.05, 0) is 43.7 Å². The summed E-state index contributed by atoms with van der Waals surface area (Å²) in [7, 11) is -3.43. The van der Waals surface area contributed by atoms with Crippen molar-refractivity contribution < 1.29 is 13.2 Å². The van der Waals surface area contributed by atoms with Gasteiger partial charge < -0.3 is 10.3 Å². The predicted octanol–water partition coefficient (Wildman–Crippen LogP) is 2.44.